The smallest absolute Gasteiger partial charge is 0.303 e. The Morgan fingerprint density at radius 2 is 2.05 bits per heavy atom. The number of sulfonamides is 1. The highest BCUT2D eigenvalue weighted by molar-refractivity contribution is 7.92. The van der Waals surface area contributed by atoms with Crippen molar-refractivity contribution < 1.29 is 18.3 Å². The second-order valence-corrected chi connectivity index (χ2v) is 6.59. The first kappa shape index (κ1) is 15.2. The Hall–Kier alpha value is -2.15. The molecular weight excluding hydrogens is 292 g/mol. The number of aryl methyl sites for hydroxylation is 1. The maximum absolute atomic E-state index is 12.0. The molecule has 0 aliphatic heterocycles. The summed E-state index contributed by atoms with van der Waals surface area (Å²) >= 11 is 0. The summed E-state index contributed by atoms with van der Waals surface area (Å²) in [5.41, 5.74) is 1.78. The number of hydrogen-bond acceptors (Lipinski definition) is 4. The van der Waals surface area contributed by atoms with Crippen LogP contribution >= 0.6 is 0 Å². The number of hydrogen-bond donors (Lipinski definition) is 2. The van der Waals surface area contributed by atoms with Crippen molar-refractivity contribution in [2.75, 3.05) is 10.5 Å². The van der Waals surface area contributed by atoms with Gasteiger partial charge < -0.3 is 5.11 Å². The minimum Gasteiger partial charge on any atom is -0.481 e. The molecule has 0 amide bonds. The lowest BCUT2D eigenvalue weighted by molar-refractivity contribution is -0.137. The number of rotatable bonds is 6. The number of carboxylic acids is 1. The number of benzene rings is 1. The van der Waals surface area contributed by atoms with E-state index in [0.29, 0.717) is 11.2 Å². The van der Waals surface area contributed by atoms with E-state index in [0.717, 1.165) is 11.1 Å². The van der Waals surface area contributed by atoms with E-state index in [9.17, 15) is 13.2 Å². The molecule has 0 spiro atoms. The van der Waals surface area contributed by atoms with Crippen LogP contribution in [0.2, 0.25) is 0 Å². The van der Waals surface area contributed by atoms with Gasteiger partial charge >= 0.3 is 5.97 Å². The van der Waals surface area contributed by atoms with Crippen molar-refractivity contribution in [3.8, 4) is 0 Å². The fraction of sp³-hybridized carbons (Fsp3) is 0.286. The minimum absolute atomic E-state index is 0.0713. The topological polar surface area (TPSA) is 96.4 Å². The van der Waals surface area contributed by atoms with E-state index in [2.05, 4.69) is 9.71 Å². The lowest BCUT2D eigenvalue weighted by atomic mass is 10.2. The highest BCUT2D eigenvalue weighted by Gasteiger charge is 2.13. The van der Waals surface area contributed by atoms with Crippen molar-refractivity contribution in [2.24, 2.45) is 0 Å². The van der Waals surface area contributed by atoms with Crippen molar-refractivity contribution in [3.05, 3.63) is 36.0 Å². The first-order valence-electron chi connectivity index (χ1n) is 6.46. The van der Waals surface area contributed by atoms with Gasteiger partial charge in [-0.1, -0.05) is 18.2 Å². The van der Waals surface area contributed by atoms with Crippen molar-refractivity contribution in [2.45, 2.75) is 19.8 Å². The molecule has 0 atom stereocenters. The molecule has 7 heteroatoms. The Kier molecular flexibility index (Phi) is 4.42. The molecular formula is C14H16N2O4S. The summed E-state index contributed by atoms with van der Waals surface area (Å²) in [7, 11) is -3.59. The average molecular weight is 308 g/mol. The molecule has 1 heterocycles. The van der Waals surface area contributed by atoms with Gasteiger partial charge in [-0.2, -0.15) is 0 Å². The van der Waals surface area contributed by atoms with Gasteiger partial charge in [-0.25, -0.2) is 8.42 Å². The molecule has 0 saturated heterocycles. The Balaban J connectivity index is 2.22. The van der Waals surface area contributed by atoms with Crippen LogP contribution in [0.5, 0.6) is 0 Å². The molecule has 0 saturated carbocycles. The highest BCUT2D eigenvalue weighted by atomic mass is 32.2. The summed E-state index contributed by atoms with van der Waals surface area (Å²) in [5.74, 6) is -1.24. The minimum atomic E-state index is -3.59. The molecule has 2 N–H and O–H groups in total. The summed E-state index contributed by atoms with van der Waals surface area (Å²) in [4.78, 5) is 14.8. The van der Waals surface area contributed by atoms with Crippen LogP contribution in [0, 0.1) is 6.92 Å². The summed E-state index contributed by atoms with van der Waals surface area (Å²) < 4.78 is 26.4. The monoisotopic (exact) mass is 308 g/mol. The fourth-order valence-corrected chi connectivity index (χ4v) is 3.09. The number of anilines is 1. The van der Waals surface area contributed by atoms with Crippen molar-refractivity contribution in [3.63, 3.8) is 0 Å². The molecule has 6 nitrogen and oxygen atoms in total. The summed E-state index contributed by atoms with van der Waals surface area (Å²) in [6.45, 7) is 1.83. The van der Waals surface area contributed by atoms with Gasteiger partial charge in [0.05, 0.1) is 17.0 Å². The third kappa shape index (κ3) is 4.16. The Bertz CT molecular complexity index is 772. The molecule has 0 unspecified atom stereocenters. The van der Waals surface area contributed by atoms with E-state index in [1.165, 1.54) is 0 Å². The van der Waals surface area contributed by atoms with E-state index in [1.54, 1.807) is 12.1 Å². The number of nitrogens with zero attached hydrogens (tertiary/aromatic N) is 1. The predicted octanol–water partition coefficient (Wildman–Crippen LogP) is 2.15. The van der Waals surface area contributed by atoms with Gasteiger partial charge in [-0.15, -0.1) is 0 Å². The van der Waals surface area contributed by atoms with Crippen LogP contribution in [0.1, 0.15) is 18.5 Å². The van der Waals surface area contributed by atoms with Crippen molar-refractivity contribution in [1.82, 2.24) is 4.98 Å². The van der Waals surface area contributed by atoms with Crippen LogP contribution < -0.4 is 4.72 Å². The quantitative estimate of drug-likeness (QED) is 0.852. The van der Waals surface area contributed by atoms with Gasteiger partial charge in [-0.3, -0.25) is 14.5 Å². The standard InChI is InChI=1S/C14H16N2O4S/c1-10-7-8-11-4-2-5-12(14(11)15-10)16-21(19,20)9-3-6-13(17)18/h2,4-5,7-8,16H,3,6,9H2,1H3,(H,17,18). The number of nitrogens with one attached hydrogen (secondary N) is 1. The molecule has 0 aliphatic carbocycles. The van der Waals surface area contributed by atoms with E-state index < -0.39 is 16.0 Å². The first-order valence-corrected chi connectivity index (χ1v) is 8.11. The maximum Gasteiger partial charge on any atom is 0.303 e. The summed E-state index contributed by atoms with van der Waals surface area (Å²) in [6.07, 6.45) is -0.101. The van der Waals surface area contributed by atoms with Gasteiger partial charge in [0.15, 0.2) is 0 Å². The van der Waals surface area contributed by atoms with E-state index in [-0.39, 0.29) is 18.6 Å². The zero-order valence-electron chi connectivity index (χ0n) is 11.5. The second-order valence-electron chi connectivity index (χ2n) is 4.75. The zero-order chi connectivity index (χ0) is 15.5. The fourth-order valence-electron chi connectivity index (χ4n) is 1.96. The van der Waals surface area contributed by atoms with E-state index >= 15 is 0 Å². The lowest BCUT2D eigenvalue weighted by Crippen LogP contribution is -2.17. The van der Waals surface area contributed by atoms with Crippen LogP contribution in [0.15, 0.2) is 30.3 Å². The van der Waals surface area contributed by atoms with Crippen LogP contribution in [-0.2, 0) is 14.8 Å². The highest BCUT2D eigenvalue weighted by Crippen LogP contribution is 2.22. The Morgan fingerprint density at radius 3 is 2.76 bits per heavy atom. The van der Waals surface area contributed by atoms with Gasteiger partial charge in [0.2, 0.25) is 10.0 Å². The molecule has 0 aliphatic rings. The van der Waals surface area contributed by atoms with E-state index in [1.807, 2.05) is 25.1 Å². The molecule has 2 aromatic rings. The third-order valence-electron chi connectivity index (χ3n) is 2.93. The number of pyridine rings is 1. The summed E-state index contributed by atoms with van der Waals surface area (Å²) in [6, 6.07) is 8.97. The second kappa shape index (κ2) is 6.09. The molecule has 1 aromatic carbocycles. The van der Waals surface area contributed by atoms with Gasteiger partial charge in [0, 0.05) is 17.5 Å². The Morgan fingerprint density at radius 1 is 1.29 bits per heavy atom. The normalized spacial score (nSPS) is 11.5. The largest absolute Gasteiger partial charge is 0.481 e. The number of fused-ring (bicyclic) bond motifs is 1. The molecule has 0 radical (unpaired) electrons. The molecule has 21 heavy (non-hydrogen) atoms. The number of aliphatic carboxylic acids is 1. The number of aromatic nitrogens is 1. The number of carboxylic acid groups (broad SMARTS) is 1. The number of para-hydroxylation sites is 1. The van der Waals surface area contributed by atoms with Crippen LogP contribution in [0.25, 0.3) is 10.9 Å². The third-order valence-corrected chi connectivity index (χ3v) is 4.29. The molecule has 1 aromatic heterocycles. The molecule has 2 rings (SSSR count). The van der Waals surface area contributed by atoms with Crippen LogP contribution in [-0.4, -0.2) is 30.2 Å². The lowest BCUT2D eigenvalue weighted by Gasteiger charge is -2.10. The van der Waals surface area contributed by atoms with Gasteiger partial charge in [-0.05, 0) is 25.5 Å². The Labute approximate surface area is 122 Å². The van der Waals surface area contributed by atoms with Crippen molar-refractivity contribution >= 4 is 32.6 Å². The van der Waals surface area contributed by atoms with E-state index in [4.69, 9.17) is 5.11 Å². The number of carbonyl (C=O) groups is 1. The van der Waals surface area contributed by atoms with Crippen LogP contribution in [0.4, 0.5) is 5.69 Å². The zero-order valence-corrected chi connectivity index (χ0v) is 12.4. The predicted molar refractivity (Wildman–Crippen MR) is 80.8 cm³/mol. The summed E-state index contributed by atoms with van der Waals surface area (Å²) in [5, 5.41) is 9.39. The van der Waals surface area contributed by atoms with Crippen molar-refractivity contribution in [1.29, 1.82) is 0 Å². The van der Waals surface area contributed by atoms with Gasteiger partial charge in [0.25, 0.3) is 0 Å². The maximum atomic E-state index is 12.0. The molecule has 0 bridgehead atoms. The molecule has 112 valence electrons. The molecule has 0 fully saturated rings. The average Bonchev–Trinajstić information content (AvgIpc) is 2.38. The first-order chi connectivity index (χ1) is 9.87. The van der Waals surface area contributed by atoms with Crippen LogP contribution in [0.3, 0.4) is 0 Å². The van der Waals surface area contributed by atoms with Gasteiger partial charge in [0.1, 0.15) is 0 Å². The SMILES string of the molecule is Cc1ccc2cccc(NS(=O)(=O)CCCC(=O)O)c2n1.